The van der Waals surface area contributed by atoms with Crippen molar-refractivity contribution in [1.29, 1.82) is 0 Å². The van der Waals surface area contributed by atoms with Crippen LogP contribution in [-0.2, 0) is 6.18 Å². The highest BCUT2D eigenvalue weighted by atomic mass is 19.4. The van der Waals surface area contributed by atoms with Gasteiger partial charge in [0.25, 0.3) is 0 Å². The molecule has 1 aromatic heterocycles. The lowest BCUT2D eigenvalue weighted by Crippen LogP contribution is -2.50. The van der Waals surface area contributed by atoms with Gasteiger partial charge in [-0.3, -0.25) is 0 Å². The Bertz CT molecular complexity index is 452. The summed E-state index contributed by atoms with van der Waals surface area (Å²) in [6, 6.07) is 2.59. The van der Waals surface area contributed by atoms with E-state index in [-0.39, 0.29) is 5.54 Å². The van der Waals surface area contributed by atoms with Crippen molar-refractivity contribution in [2.75, 3.05) is 24.5 Å². The molecule has 2 heterocycles. The zero-order chi connectivity index (χ0) is 15.5. The fraction of sp³-hybridized carbons (Fsp3) is 0.667. The van der Waals surface area contributed by atoms with Crippen molar-refractivity contribution >= 4 is 5.69 Å². The zero-order valence-corrected chi connectivity index (χ0v) is 12.5. The molecule has 21 heavy (non-hydrogen) atoms. The molecule has 0 unspecified atom stereocenters. The van der Waals surface area contributed by atoms with E-state index in [2.05, 4.69) is 29.0 Å². The first kappa shape index (κ1) is 16.1. The van der Waals surface area contributed by atoms with Crippen LogP contribution >= 0.6 is 0 Å². The molecule has 1 fully saturated rings. The van der Waals surface area contributed by atoms with Gasteiger partial charge in [0, 0.05) is 18.6 Å². The summed E-state index contributed by atoms with van der Waals surface area (Å²) in [6.45, 7) is 6.86. The third-order valence-corrected chi connectivity index (χ3v) is 4.36. The van der Waals surface area contributed by atoms with Crippen molar-refractivity contribution in [1.82, 2.24) is 10.3 Å². The average molecular weight is 301 g/mol. The molecule has 6 heteroatoms. The Kier molecular flexibility index (Phi) is 4.76. The third-order valence-electron chi connectivity index (χ3n) is 4.36. The summed E-state index contributed by atoms with van der Waals surface area (Å²) in [4.78, 5) is 5.71. The predicted molar refractivity (Wildman–Crippen MR) is 77.4 cm³/mol. The van der Waals surface area contributed by atoms with Crippen LogP contribution in [0.4, 0.5) is 18.9 Å². The van der Waals surface area contributed by atoms with E-state index in [9.17, 15) is 13.2 Å². The summed E-state index contributed by atoms with van der Waals surface area (Å²) in [5.41, 5.74) is -0.0476. The maximum absolute atomic E-state index is 12.6. The quantitative estimate of drug-likeness (QED) is 0.926. The van der Waals surface area contributed by atoms with Crippen LogP contribution in [0.15, 0.2) is 18.3 Å². The molecule has 0 bridgehead atoms. The third kappa shape index (κ3) is 3.67. The zero-order valence-electron chi connectivity index (χ0n) is 12.5. The standard InChI is InChI=1S/C15H22F3N3/c1-3-14(4-2)11-21(9-5-8-20-14)12-6-7-13(19-10-12)15(16,17)18/h6-7,10,20H,3-5,8-9,11H2,1-2H3. The first-order valence-electron chi connectivity index (χ1n) is 7.43. The van der Waals surface area contributed by atoms with Crippen molar-refractivity contribution in [3.63, 3.8) is 0 Å². The number of nitrogens with one attached hydrogen (secondary N) is 1. The number of halogens is 3. The number of aromatic nitrogens is 1. The van der Waals surface area contributed by atoms with Crippen LogP contribution in [0.2, 0.25) is 0 Å². The van der Waals surface area contributed by atoms with Crippen LogP contribution in [0.25, 0.3) is 0 Å². The number of rotatable bonds is 3. The normalized spacial score (nSPS) is 19.4. The van der Waals surface area contributed by atoms with Gasteiger partial charge in [-0.1, -0.05) is 13.8 Å². The summed E-state index contributed by atoms with van der Waals surface area (Å²) in [6.07, 6.45) is -0.0788. The molecule has 1 aromatic rings. The lowest BCUT2D eigenvalue weighted by Gasteiger charge is -2.36. The highest BCUT2D eigenvalue weighted by molar-refractivity contribution is 5.45. The molecule has 0 saturated carbocycles. The Hall–Kier alpha value is -1.30. The number of hydrogen-bond donors (Lipinski definition) is 1. The average Bonchev–Trinajstić information content (AvgIpc) is 2.70. The first-order chi connectivity index (χ1) is 9.90. The number of hydrogen-bond acceptors (Lipinski definition) is 3. The largest absolute Gasteiger partial charge is 0.433 e. The van der Waals surface area contributed by atoms with Crippen LogP contribution in [0.3, 0.4) is 0 Å². The van der Waals surface area contributed by atoms with Gasteiger partial charge in [-0.15, -0.1) is 0 Å². The van der Waals surface area contributed by atoms with Gasteiger partial charge in [0.15, 0.2) is 0 Å². The topological polar surface area (TPSA) is 28.2 Å². The van der Waals surface area contributed by atoms with Gasteiger partial charge >= 0.3 is 6.18 Å². The van der Waals surface area contributed by atoms with Crippen molar-refractivity contribution in [3.05, 3.63) is 24.0 Å². The molecular formula is C15H22F3N3. The Morgan fingerprint density at radius 2 is 2.00 bits per heavy atom. The van der Waals surface area contributed by atoms with Gasteiger partial charge in [0.1, 0.15) is 5.69 Å². The van der Waals surface area contributed by atoms with E-state index >= 15 is 0 Å². The summed E-state index contributed by atoms with van der Waals surface area (Å²) < 4.78 is 37.7. The molecule has 3 nitrogen and oxygen atoms in total. The van der Waals surface area contributed by atoms with E-state index in [4.69, 9.17) is 0 Å². The number of pyridine rings is 1. The highest BCUT2D eigenvalue weighted by Gasteiger charge is 2.33. The fourth-order valence-electron chi connectivity index (χ4n) is 2.81. The SMILES string of the molecule is CCC1(CC)CN(c2ccc(C(F)(F)F)nc2)CCCN1. The predicted octanol–water partition coefficient (Wildman–Crippen LogP) is 3.46. The number of anilines is 1. The van der Waals surface area contributed by atoms with E-state index < -0.39 is 11.9 Å². The maximum atomic E-state index is 12.6. The van der Waals surface area contributed by atoms with Crippen molar-refractivity contribution in [2.45, 2.75) is 44.8 Å². The molecule has 0 atom stereocenters. The van der Waals surface area contributed by atoms with Gasteiger partial charge in [-0.05, 0) is 37.9 Å². The van der Waals surface area contributed by atoms with Crippen molar-refractivity contribution in [3.8, 4) is 0 Å². The summed E-state index contributed by atoms with van der Waals surface area (Å²) >= 11 is 0. The molecule has 0 amide bonds. The lowest BCUT2D eigenvalue weighted by molar-refractivity contribution is -0.141. The monoisotopic (exact) mass is 301 g/mol. The molecule has 0 radical (unpaired) electrons. The highest BCUT2D eigenvalue weighted by Crippen LogP contribution is 2.29. The number of nitrogens with zero attached hydrogens (tertiary/aromatic N) is 2. The second-order valence-electron chi connectivity index (χ2n) is 5.59. The molecule has 0 aromatic carbocycles. The van der Waals surface area contributed by atoms with E-state index in [1.807, 2.05) is 0 Å². The van der Waals surface area contributed by atoms with Crippen LogP contribution < -0.4 is 10.2 Å². The molecule has 0 aliphatic carbocycles. The van der Waals surface area contributed by atoms with E-state index in [0.29, 0.717) is 0 Å². The Morgan fingerprint density at radius 1 is 1.29 bits per heavy atom. The Morgan fingerprint density at radius 3 is 2.52 bits per heavy atom. The van der Waals surface area contributed by atoms with Gasteiger partial charge in [0.2, 0.25) is 0 Å². The molecule has 1 saturated heterocycles. The summed E-state index contributed by atoms with van der Waals surface area (Å²) in [5.74, 6) is 0. The maximum Gasteiger partial charge on any atom is 0.433 e. The molecule has 2 rings (SSSR count). The van der Waals surface area contributed by atoms with Crippen molar-refractivity contribution in [2.24, 2.45) is 0 Å². The Balaban J connectivity index is 2.20. The van der Waals surface area contributed by atoms with Crippen molar-refractivity contribution < 1.29 is 13.2 Å². The Labute approximate surface area is 123 Å². The molecule has 1 aliphatic rings. The molecule has 118 valence electrons. The first-order valence-corrected chi connectivity index (χ1v) is 7.43. The molecular weight excluding hydrogens is 279 g/mol. The van der Waals surface area contributed by atoms with Crippen LogP contribution in [0.5, 0.6) is 0 Å². The lowest BCUT2D eigenvalue weighted by atomic mass is 9.92. The minimum absolute atomic E-state index is 0.0270. The van der Waals surface area contributed by atoms with Gasteiger partial charge in [-0.2, -0.15) is 13.2 Å². The van der Waals surface area contributed by atoms with Crippen LogP contribution in [-0.4, -0.2) is 30.2 Å². The van der Waals surface area contributed by atoms with Gasteiger partial charge in [0.05, 0.1) is 11.9 Å². The second kappa shape index (κ2) is 6.22. The molecule has 1 aliphatic heterocycles. The van der Waals surface area contributed by atoms with Gasteiger partial charge in [-0.25, -0.2) is 4.98 Å². The number of alkyl halides is 3. The molecule has 1 N–H and O–H groups in total. The second-order valence-corrected chi connectivity index (χ2v) is 5.59. The molecule has 0 spiro atoms. The van der Waals surface area contributed by atoms with Crippen LogP contribution in [0, 0.1) is 0 Å². The van der Waals surface area contributed by atoms with E-state index in [1.54, 1.807) is 0 Å². The summed E-state index contributed by atoms with van der Waals surface area (Å²) in [5, 5.41) is 3.59. The van der Waals surface area contributed by atoms with Crippen LogP contribution in [0.1, 0.15) is 38.8 Å². The summed E-state index contributed by atoms with van der Waals surface area (Å²) in [7, 11) is 0. The minimum atomic E-state index is -4.38. The van der Waals surface area contributed by atoms with E-state index in [1.165, 1.54) is 12.3 Å². The fourth-order valence-corrected chi connectivity index (χ4v) is 2.81. The van der Waals surface area contributed by atoms with E-state index in [0.717, 1.165) is 50.7 Å². The smallest absolute Gasteiger partial charge is 0.368 e. The minimum Gasteiger partial charge on any atom is -0.368 e. The van der Waals surface area contributed by atoms with Gasteiger partial charge < -0.3 is 10.2 Å².